The summed E-state index contributed by atoms with van der Waals surface area (Å²) in [5.41, 5.74) is 15.6. The molecule has 160 valence electrons. The maximum Gasteiger partial charge on any atom is 0.232 e. The number of rotatable bonds is 6. The number of hydrogen-bond acceptors (Lipinski definition) is 9. The summed E-state index contributed by atoms with van der Waals surface area (Å²) in [5, 5.41) is 0. The van der Waals surface area contributed by atoms with E-state index in [0.29, 0.717) is 23.0 Å². The van der Waals surface area contributed by atoms with E-state index in [2.05, 4.69) is 24.8 Å². The molecule has 0 spiro atoms. The van der Waals surface area contributed by atoms with Gasteiger partial charge in [-0.25, -0.2) is 9.97 Å². The Morgan fingerprint density at radius 3 is 2.84 bits per heavy atom. The van der Waals surface area contributed by atoms with Gasteiger partial charge in [0, 0.05) is 49.2 Å². The van der Waals surface area contributed by atoms with E-state index >= 15 is 0 Å². The lowest BCUT2D eigenvalue weighted by molar-refractivity contribution is 0.0989. The fraction of sp³-hybridized carbons (Fsp3) is 0.318. The number of nitrogens with two attached hydrogens (primary N) is 2. The van der Waals surface area contributed by atoms with Crippen LogP contribution in [0.1, 0.15) is 28.9 Å². The van der Waals surface area contributed by atoms with Crippen LogP contribution in [0.5, 0.6) is 5.88 Å². The highest BCUT2D eigenvalue weighted by atomic mass is 16.5. The van der Waals surface area contributed by atoms with Gasteiger partial charge in [-0.05, 0) is 31.0 Å². The van der Waals surface area contributed by atoms with E-state index in [0.717, 1.165) is 37.2 Å². The van der Waals surface area contributed by atoms with Crippen LogP contribution in [0.4, 0.5) is 11.4 Å². The molecule has 0 saturated carbocycles. The van der Waals surface area contributed by atoms with Crippen LogP contribution in [-0.2, 0) is 6.42 Å². The molecule has 1 atom stereocenters. The minimum absolute atomic E-state index is 0.128. The van der Waals surface area contributed by atoms with Gasteiger partial charge in [-0.15, -0.1) is 0 Å². The molecule has 0 aliphatic carbocycles. The van der Waals surface area contributed by atoms with Crippen molar-refractivity contribution in [2.45, 2.75) is 25.3 Å². The molecule has 4 N–H and O–H groups in total. The molecule has 0 unspecified atom stereocenters. The normalized spacial score (nSPS) is 16.2. The van der Waals surface area contributed by atoms with Crippen LogP contribution in [0, 0.1) is 0 Å². The fourth-order valence-corrected chi connectivity index (χ4v) is 3.76. The van der Waals surface area contributed by atoms with Crippen LogP contribution in [0.15, 0.2) is 43.0 Å². The molecule has 0 amide bonds. The van der Waals surface area contributed by atoms with Crippen LogP contribution in [0.3, 0.4) is 0 Å². The largest absolute Gasteiger partial charge is 0.480 e. The number of Topliss-reactive ketones (excluding diaryl/α,β-unsaturated/α-hetero) is 1. The number of nitrogens with zero attached hydrogens (tertiary/aromatic N) is 5. The molecule has 1 aliphatic heterocycles. The SMILES string of the molecule is COc1cncc(-c2ccc(N)c(C(=O)Cc3cnccc3N3CCC[C@H](N)C3)n2)n1. The van der Waals surface area contributed by atoms with E-state index in [4.69, 9.17) is 16.2 Å². The first-order valence-corrected chi connectivity index (χ1v) is 10.1. The highest BCUT2D eigenvalue weighted by Crippen LogP contribution is 2.26. The van der Waals surface area contributed by atoms with E-state index in [1.165, 1.54) is 13.3 Å². The topological polar surface area (TPSA) is 133 Å². The Labute approximate surface area is 180 Å². The van der Waals surface area contributed by atoms with Gasteiger partial charge >= 0.3 is 0 Å². The third-order valence-corrected chi connectivity index (χ3v) is 5.30. The van der Waals surface area contributed by atoms with Gasteiger partial charge in [-0.1, -0.05) is 0 Å². The molecular weight excluding hydrogens is 394 g/mol. The minimum atomic E-state index is -0.189. The summed E-state index contributed by atoms with van der Waals surface area (Å²) in [4.78, 5) is 32.5. The van der Waals surface area contributed by atoms with E-state index in [9.17, 15) is 4.79 Å². The number of ether oxygens (including phenoxy) is 1. The molecule has 0 radical (unpaired) electrons. The van der Waals surface area contributed by atoms with Crippen molar-refractivity contribution in [1.29, 1.82) is 0 Å². The number of ketones is 1. The number of piperidine rings is 1. The first-order valence-electron chi connectivity index (χ1n) is 10.1. The summed E-state index contributed by atoms with van der Waals surface area (Å²) < 4.78 is 5.12. The molecule has 4 rings (SSSR count). The van der Waals surface area contributed by atoms with Crippen molar-refractivity contribution in [3.63, 3.8) is 0 Å². The molecule has 0 aromatic carbocycles. The molecular formula is C22H25N7O2. The fourth-order valence-electron chi connectivity index (χ4n) is 3.76. The Hall–Kier alpha value is -3.59. The first-order chi connectivity index (χ1) is 15.0. The Morgan fingerprint density at radius 1 is 1.16 bits per heavy atom. The first kappa shape index (κ1) is 20.7. The van der Waals surface area contributed by atoms with E-state index in [1.54, 1.807) is 30.7 Å². The van der Waals surface area contributed by atoms with Crippen LogP contribution in [0.25, 0.3) is 11.4 Å². The summed E-state index contributed by atoms with van der Waals surface area (Å²) >= 11 is 0. The standard InChI is InChI=1S/C22H25N7O2/c1-31-21-12-26-11-18(27-21)17-5-4-16(24)22(28-17)20(30)9-14-10-25-7-6-19(14)29-8-2-3-15(23)13-29/h4-7,10-12,15H,2-3,8-9,13,23-24H2,1H3/t15-/m0/s1. The van der Waals surface area contributed by atoms with Gasteiger partial charge in [0.1, 0.15) is 11.4 Å². The lowest BCUT2D eigenvalue weighted by Gasteiger charge is -2.33. The summed E-state index contributed by atoms with van der Waals surface area (Å²) in [6.45, 7) is 1.67. The number of carbonyl (C=O) groups excluding carboxylic acids is 1. The Balaban J connectivity index is 1.61. The van der Waals surface area contributed by atoms with Crippen LogP contribution in [0.2, 0.25) is 0 Å². The predicted molar refractivity (Wildman–Crippen MR) is 118 cm³/mol. The average Bonchev–Trinajstić information content (AvgIpc) is 2.79. The molecule has 1 aliphatic rings. The van der Waals surface area contributed by atoms with Gasteiger partial charge in [0.2, 0.25) is 5.88 Å². The number of anilines is 2. The van der Waals surface area contributed by atoms with Crippen molar-refractivity contribution in [2.75, 3.05) is 30.8 Å². The average molecular weight is 419 g/mol. The van der Waals surface area contributed by atoms with Crippen molar-refractivity contribution in [3.8, 4) is 17.3 Å². The van der Waals surface area contributed by atoms with Gasteiger partial charge < -0.3 is 21.1 Å². The van der Waals surface area contributed by atoms with E-state index in [1.807, 2.05) is 6.07 Å². The van der Waals surface area contributed by atoms with Crippen molar-refractivity contribution < 1.29 is 9.53 Å². The Kier molecular flexibility index (Phi) is 6.03. The molecule has 9 heteroatoms. The molecule has 9 nitrogen and oxygen atoms in total. The van der Waals surface area contributed by atoms with E-state index in [-0.39, 0.29) is 23.9 Å². The predicted octanol–water partition coefficient (Wildman–Crippen LogP) is 1.88. The maximum absolute atomic E-state index is 13.2. The lowest BCUT2D eigenvalue weighted by atomic mass is 10.0. The Bertz CT molecular complexity index is 1090. The van der Waals surface area contributed by atoms with Gasteiger partial charge in [0.05, 0.1) is 30.9 Å². The van der Waals surface area contributed by atoms with E-state index < -0.39 is 0 Å². The van der Waals surface area contributed by atoms with Crippen molar-refractivity contribution in [1.82, 2.24) is 19.9 Å². The molecule has 3 aromatic rings. The van der Waals surface area contributed by atoms with Crippen LogP contribution < -0.4 is 21.1 Å². The molecule has 31 heavy (non-hydrogen) atoms. The number of carbonyl (C=O) groups is 1. The van der Waals surface area contributed by atoms with Gasteiger partial charge in [-0.2, -0.15) is 0 Å². The van der Waals surface area contributed by atoms with Crippen LogP contribution in [-0.4, -0.2) is 52.0 Å². The number of hydrogen-bond donors (Lipinski definition) is 2. The Morgan fingerprint density at radius 2 is 2.03 bits per heavy atom. The van der Waals surface area contributed by atoms with Crippen molar-refractivity contribution in [3.05, 3.63) is 54.2 Å². The second-order valence-corrected chi connectivity index (χ2v) is 7.53. The summed E-state index contributed by atoms with van der Waals surface area (Å²) in [6, 6.07) is 5.42. The van der Waals surface area contributed by atoms with Gasteiger partial charge in [0.15, 0.2) is 5.78 Å². The smallest absolute Gasteiger partial charge is 0.232 e. The van der Waals surface area contributed by atoms with Crippen molar-refractivity contribution >= 4 is 17.2 Å². The summed E-state index contributed by atoms with van der Waals surface area (Å²) in [6.07, 6.45) is 8.70. The van der Waals surface area contributed by atoms with Crippen molar-refractivity contribution in [2.24, 2.45) is 5.73 Å². The second kappa shape index (κ2) is 9.05. The zero-order chi connectivity index (χ0) is 21.8. The molecule has 1 saturated heterocycles. The van der Waals surface area contributed by atoms with Gasteiger partial charge in [0.25, 0.3) is 0 Å². The number of nitrogen functional groups attached to an aromatic ring is 1. The molecule has 4 heterocycles. The number of aromatic nitrogens is 4. The zero-order valence-corrected chi connectivity index (χ0v) is 17.4. The highest BCUT2D eigenvalue weighted by molar-refractivity contribution is 6.01. The zero-order valence-electron chi connectivity index (χ0n) is 17.4. The minimum Gasteiger partial charge on any atom is -0.480 e. The monoisotopic (exact) mass is 419 g/mol. The third-order valence-electron chi connectivity index (χ3n) is 5.30. The summed E-state index contributed by atoms with van der Waals surface area (Å²) in [5.74, 6) is 0.175. The van der Waals surface area contributed by atoms with Crippen LogP contribution >= 0.6 is 0 Å². The summed E-state index contributed by atoms with van der Waals surface area (Å²) in [7, 11) is 1.51. The number of methoxy groups -OCH3 is 1. The lowest BCUT2D eigenvalue weighted by Crippen LogP contribution is -2.43. The maximum atomic E-state index is 13.2. The quantitative estimate of drug-likeness (QED) is 0.574. The number of pyridine rings is 2. The molecule has 1 fully saturated rings. The molecule has 0 bridgehead atoms. The molecule has 3 aromatic heterocycles. The third kappa shape index (κ3) is 4.61. The highest BCUT2D eigenvalue weighted by Gasteiger charge is 2.22. The van der Waals surface area contributed by atoms with Gasteiger partial charge in [-0.3, -0.25) is 14.8 Å². The second-order valence-electron chi connectivity index (χ2n) is 7.53.